The van der Waals surface area contributed by atoms with Crippen LogP contribution >= 0.6 is 0 Å². The molecule has 0 saturated heterocycles. The Labute approximate surface area is 125 Å². The van der Waals surface area contributed by atoms with Crippen LogP contribution in [0.25, 0.3) is 0 Å². The van der Waals surface area contributed by atoms with Gasteiger partial charge in [-0.3, -0.25) is 4.79 Å². The first-order valence-corrected chi connectivity index (χ1v) is 6.73. The number of methoxy groups -OCH3 is 3. The first-order valence-electron chi connectivity index (χ1n) is 6.73. The van der Waals surface area contributed by atoms with E-state index in [2.05, 4.69) is 0 Å². The molecule has 0 fully saturated rings. The number of carbonyl (C=O) groups is 1. The highest BCUT2D eigenvalue weighted by Crippen LogP contribution is 2.38. The van der Waals surface area contributed by atoms with E-state index in [0.717, 1.165) is 5.56 Å². The second-order valence-corrected chi connectivity index (χ2v) is 4.88. The summed E-state index contributed by atoms with van der Waals surface area (Å²) in [5, 5.41) is 0. The average Bonchev–Trinajstić information content (AvgIpc) is 2.53. The summed E-state index contributed by atoms with van der Waals surface area (Å²) in [6, 6.07) is 5.75. The maximum absolute atomic E-state index is 11.7. The van der Waals surface area contributed by atoms with E-state index in [1.165, 1.54) is 14.0 Å². The molecule has 0 N–H and O–H groups in total. The molecule has 1 aromatic carbocycles. The van der Waals surface area contributed by atoms with Crippen molar-refractivity contribution in [3.63, 3.8) is 0 Å². The predicted molar refractivity (Wildman–Crippen MR) is 81.0 cm³/mol. The van der Waals surface area contributed by atoms with Crippen LogP contribution in [0.3, 0.4) is 0 Å². The first kappa shape index (κ1) is 15.3. The van der Waals surface area contributed by atoms with Gasteiger partial charge in [0.1, 0.15) is 0 Å². The Bertz CT molecular complexity index is 572. The van der Waals surface area contributed by atoms with E-state index >= 15 is 0 Å². The number of Topliss-reactive ketones (excluding diaryl/α,β-unsaturated/α-hetero) is 1. The van der Waals surface area contributed by atoms with Crippen molar-refractivity contribution in [3.05, 3.63) is 48.1 Å². The molecule has 0 radical (unpaired) electrons. The lowest BCUT2D eigenvalue weighted by atomic mass is 9.86. The fourth-order valence-corrected chi connectivity index (χ4v) is 2.51. The highest BCUT2D eigenvalue weighted by Gasteiger charge is 2.32. The molecule has 21 heavy (non-hydrogen) atoms. The van der Waals surface area contributed by atoms with E-state index in [4.69, 9.17) is 14.2 Å². The Kier molecular flexibility index (Phi) is 4.48. The third-order valence-corrected chi connectivity index (χ3v) is 3.78. The van der Waals surface area contributed by atoms with Crippen molar-refractivity contribution in [2.75, 3.05) is 21.3 Å². The standard InChI is InChI=1S/C17H20O4/c1-12(18)17(21-4)10-8-13(9-11-17)14-6-5-7-15(19-2)16(14)20-3/h5-11,13H,1-4H3. The first-order chi connectivity index (χ1) is 10.1. The smallest absolute Gasteiger partial charge is 0.169 e. The monoisotopic (exact) mass is 288 g/mol. The van der Waals surface area contributed by atoms with Gasteiger partial charge in [-0.25, -0.2) is 0 Å². The van der Waals surface area contributed by atoms with Crippen molar-refractivity contribution in [2.45, 2.75) is 18.4 Å². The molecular weight excluding hydrogens is 268 g/mol. The van der Waals surface area contributed by atoms with Crippen molar-refractivity contribution in [1.82, 2.24) is 0 Å². The zero-order chi connectivity index (χ0) is 15.5. The van der Waals surface area contributed by atoms with E-state index < -0.39 is 5.60 Å². The minimum atomic E-state index is -0.956. The summed E-state index contributed by atoms with van der Waals surface area (Å²) in [4.78, 5) is 11.7. The molecule has 4 heteroatoms. The number of rotatable bonds is 5. The van der Waals surface area contributed by atoms with Crippen LogP contribution < -0.4 is 9.47 Å². The fourth-order valence-electron chi connectivity index (χ4n) is 2.51. The lowest BCUT2D eigenvalue weighted by molar-refractivity contribution is -0.129. The van der Waals surface area contributed by atoms with Crippen LogP contribution in [0.4, 0.5) is 0 Å². The van der Waals surface area contributed by atoms with Crippen LogP contribution in [0.2, 0.25) is 0 Å². The molecule has 112 valence electrons. The zero-order valence-electron chi connectivity index (χ0n) is 12.8. The zero-order valence-corrected chi connectivity index (χ0v) is 12.8. The van der Waals surface area contributed by atoms with E-state index in [-0.39, 0.29) is 11.7 Å². The van der Waals surface area contributed by atoms with Crippen molar-refractivity contribution in [1.29, 1.82) is 0 Å². The van der Waals surface area contributed by atoms with Crippen LogP contribution in [-0.2, 0) is 9.53 Å². The molecule has 4 nitrogen and oxygen atoms in total. The van der Waals surface area contributed by atoms with Crippen LogP contribution in [0.5, 0.6) is 11.5 Å². The van der Waals surface area contributed by atoms with Gasteiger partial charge >= 0.3 is 0 Å². The molecule has 0 aliphatic heterocycles. The van der Waals surface area contributed by atoms with Gasteiger partial charge in [-0.2, -0.15) is 0 Å². The third kappa shape index (κ3) is 2.72. The minimum absolute atomic E-state index is 0.0117. The Morgan fingerprint density at radius 3 is 2.24 bits per heavy atom. The van der Waals surface area contributed by atoms with Gasteiger partial charge in [0, 0.05) is 18.6 Å². The van der Waals surface area contributed by atoms with Gasteiger partial charge in [0.05, 0.1) is 14.2 Å². The van der Waals surface area contributed by atoms with E-state index in [0.29, 0.717) is 11.5 Å². The maximum Gasteiger partial charge on any atom is 0.169 e. The molecule has 1 aliphatic rings. The van der Waals surface area contributed by atoms with Gasteiger partial charge in [-0.05, 0) is 25.1 Å². The Hall–Kier alpha value is -2.07. The number of para-hydroxylation sites is 1. The third-order valence-electron chi connectivity index (χ3n) is 3.78. The number of ether oxygens (including phenoxy) is 3. The second-order valence-electron chi connectivity index (χ2n) is 4.88. The summed E-state index contributed by atoms with van der Waals surface area (Å²) in [6.07, 6.45) is 7.47. The van der Waals surface area contributed by atoms with Gasteiger partial charge in [0.15, 0.2) is 22.9 Å². The molecule has 0 spiro atoms. The summed E-state index contributed by atoms with van der Waals surface area (Å²) in [7, 11) is 4.76. The molecule has 0 saturated carbocycles. The molecule has 0 bridgehead atoms. The highest BCUT2D eigenvalue weighted by molar-refractivity contribution is 5.90. The fraction of sp³-hybridized carbons (Fsp3) is 0.353. The number of allylic oxidation sites excluding steroid dienone is 2. The van der Waals surface area contributed by atoms with Gasteiger partial charge in [0.2, 0.25) is 0 Å². The maximum atomic E-state index is 11.7. The van der Waals surface area contributed by atoms with Crippen LogP contribution in [0, 0.1) is 0 Å². The van der Waals surface area contributed by atoms with E-state index in [1.807, 2.05) is 30.4 Å². The summed E-state index contributed by atoms with van der Waals surface area (Å²) in [6.45, 7) is 1.52. The van der Waals surface area contributed by atoms with Crippen LogP contribution in [-0.4, -0.2) is 32.7 Å². The van der Waals surface area contributed by atoms with Gasteiger partial charge in [0.25, 0.3) is 0 Å². The Balaban J connectivity index is 2.37. The minimum Gasteiger partial charge on any atom is -0.493 e. The molecule has 1 aromatic rings. The molecule has 2 rings (SSSR count). The van der Waals surface area contributed by atoms with Crippen molar-refractivity contribution >= 4 is 5.78 Å². The van der Waals surface area contributed by atoms with E-state index in [1.54, 1.807) is 26.4 Å². The summed E-state index contributed by atoms with van der Waals surface area (Å²) < 4.78 is 16.1. The van der Waals surface area contributed by atoms with E-state index in [9.17, 15) is 4.79 Å². The number of ketones is 1. The average molecular weight is 288 g/mol. The van der Waals surface area contributed by atoms with Crippen molar-refractivity contribution < 1.29 is 19.0 Å². The molecule has 1 aliphatic carbocycles. The molecule has 0 unspecified atom stereocenters. The number of carbonyl (C=O) groups excluding carboxylic acids is 1. The summed E-state index contributed by atoms with van der Waals surface area (Å²) >= 11 is 0. The Morgan fingerprint density at radius 1 is 1.10 bits per heavy atom. The SMILES string of the molecule is COc1cccc(C2C=CC(OC)(C(C)=O)C=C2)c1OC. The molecule has 0 amide bonds. The van der Waals surface area contributed by atoms with Crippen LogP contribution in [0.15, 0.2) is 42.5 Å². The molecule has 0 heterocycles. The second kappa shape index (κ2) is 6.14. The van der Waals surface area contributed by atoms with Gasteiger partial charge < -0.3 is 14.2 Å². The summed E-state index contributed by atoms with van der Waals surface area (Å²) in [5.74, 6) is 1.35. The molecule has 0 aromatic heterocycles. The molecule has 0 atom stereocenters. The summed E-state index contributed by atoms with van der Waals surface area (Å²) in [5.41, 5.74) is 0.0281. The van der Waals surface area contributed by atoms with Crippen molar-refractivity contribution in [2.24, 2.45) is 0 Å². The Morgan fingerprint density at radius 2 is 1.76 bits per heavy atom. The predicted octanol–water partition coefficient (Wildman–Crippen LogP) is 2.89. The number of hydrogen-bond donors (Lipinski definition) is 0. The van der Waals surface area contributed by atoms with Gasteiger partial charge in [-0.1, -0.05) is 24.3 Å². The van der Waals surface area contributed by atoms with Gasteiger partial charge in [-0.15, -0.1) is 0 Å². The van der Waals surface area contributed by atoms with Crippen LogP contribution in [0.1, 0.15) is 18.4 Å². The topological polar surface area (TPSA) is 44.8 Å². The number of benzene rings is 1. The number of hydrogen-bond acceptors (Lipinski definition) is 4. The molecular formula is C17H20O4. The lowest BCUT2D eigenvalue weighted by Crippen LogP contribution is -2.36. The largest absolute Gasteiger partial charge is 0.493 e. The van der Waals surface area contributed by atoms with Crippen molar-refractivity contribution in [3.8, 4) is 11.5 Å². The lowest BCUT2D eigenvalue weighted by Gasteiger charge is -2.27. The normalized spacial score (nSPS) is 23.9. The quantitative estimate of drug-likeness (QED) is 0.782. The highest BCUT2D eigenvalue weighted by atomic mass is 16.5.